The van der Waals surface area contributed by atoms with Gasteiger partial charge in [-0.1, -0.05) is 30.3 Å². The minimum Gasteiger partial charge on any atom is -0.444 e. The number of carbonyl (C=O) groups excluding carboxylic acids is 1. The van der Waals surface area contributed by atoms with E-state index in [4.69, 9.17) is 15.2 Å². The van der Waals surface area contributed by atoms with Crippen LogP contribution in [0.1, 0.15) is 16.8 Å². The second-order valence-corrected chi connectivity index (χ2v) is 6.94. The third-order valence-electron chi connectivity index (χ3n) is 5.05. The Kier molecular flexibility index (Phi) is 4.53. The molecule has 0 radical (unpaired) electrons. The molecule has 30 heavy (non-hydrogen) atoms. The van der Waals surface area contributed by atoms with E-state index in [0.717, 1.165) is 33.5 Å². The smallest absolute Gasteiger partial charge is 0.411 e. The van der Waals surface area contributed by atoms with Crippen molar-refractivity contribution in [3.63, 3.8) is 0 Å². The predicted octanol–water partition coefficient (Wildman–Crippen LogP) is 3.78. The van der Waals surface area contributed by atoms with Crippen LogP contribution >= 0.6 is 0 Å². The fourth-order valence-electron chi connectivity index (χ4n) is 3.65. The number of ether oxygens (including phenoxy) is 2. The molecule has 0 saturated heterocycles. The Morgan fingerprint density at radius 2 is 1.90 bits per heavy atom. The first-order valence-electron chi connectivity index (χ1n) is 9.49. The van der Waals surface area contributed by atoms with Gasteiger partial charge in [0, 0.05) is 16.9 Å². The summed E-state index contributed by atoms with van der Waals surface area (Å²) >= 11 is 0. The zero-order chi connectivity index (χ0) is 20.5. The summed E-state index contributed by atoms with van der Waals surface area (Å²) in [6.07, 6.45) is 0.958. The normalized spacial score (nSPS) is 12.7. The van der Waals surface area contributed by atoms with Crippen molar-refractivity contribution in [2.75, 3.05) is 11.1 Å². The van der Waals surface area contributed by atoms with Gasteiger partial charge in [0.05, 0.1) is 18.9 Å². The molecule has 1 amide bonds. The lowest BCUT2D eigenvalue weighted by Crippen LogP contribution is -2.13. The maximum atomic E-state index is 12.1. The summed E-state index contributed by atoms with van der Waals surface area (Å²) < 4.78 is 12.9. The predicted molar refractivity (Wildman–Crippen MR) is 112 cm³/mol. The van der Waals surface area contributed by atoms with E-state index < -0.39 is 6.09 Å². The van der Waals surface area contributed by atoms with Gasteiger partial charge >= 0.3 is 6.09 Å². The van der Waals surface area contributed by atoms with Crippen LogP contribution in [0.25, 0.3) is 16.7 Å². The number of amides is 1. The van der Waals surface area contributed by atoms with Crippen molar-refractivity contribution >= 4 is 28.6 Å². The lowest BCUT2D eigenvalue weighted by Gasteiger charge is -2.12. The SMILES string of the molecule is Nc1ncnc2c3c(n(-c4ccc(NC(=O)OCc5ccccc5)cc4)c12)COC3. The number of nitrogen functional groups attached to an aromatic ring is 1. The zero-order valence-corrected chi connectivity index (χ0v) is 16.0. The Labute approximate surface area is 172 Å². The zero-order valence-electron chi connectivity index (χ0n) is 16.0. The third kappa shape index (κ3) is 3.23. The van der Waals surface area contributed by atoms with E-state index in [1.807, 2.05) is 59.2 Å². The van der Waals surface area contributed by atoms with E-state index in [2.05, 4.69) is 15.3 Å². The molecule has 8 heteroatoms. The molecule has 0 spiro atoms. The van der Waals surface area contributed by atoms with Crippen LogP contribution in [0, 0.1) is 0 Å². The number of hydrogen-bond acceptors (Lipinski definition) is 6. The molecule has 150 valence electrons. The van der Waals surface area contributed by atoms with Crippen LogP contribution in [-0.2, 0) is 29.3 Å². The molecule has 0 aliphatic carbocycles. The minimum absolute atomic E-state index is 0.214. The van der Waals surface area contributed by atoms with Gasteiger partial charge in [-0.05, 0) is 29.8 Å². The fourth-order valence-corrected chi connectivity index (χ4v) is 3.65. The number of aromatic nitrogens is 3. The summed E-state index contributed by atoms with van der Waals surface area (Å²) in [4.78, 5) is 20.6. The molecule has 2 aromatic carbocycles. The van der Waals surface area contributed by atoms with Crippen molar-refractivity contribution in [1.82, 2.24) is 14.5 Å². The fraction of sp³-hybridized carbons (Fsp3) is 0.136. The lowest BCUT2D eigenvalue weighted by atomic mass is 10.2. The highest BCUT2D eigenvalue weighted by molar-refractivity contribution is 5.91. The molecule has 8 nitrogen and oxygen atoms in total. The Balaban J connectivity index is 1.37. The van der Waals surface area contributed by atoms with Crippen molar-refractivity contribution in [2.24, 2.45) is 0 Å². The van der Waals surface area contributed by atoms with Crippen LogP contribution in [0.3, 0.4) is 0 Å². The van der Waals surface area contributed by atoms with Gasteiger partial charge < -0.3 is 19.8 Å². The molecule has 1 aliphatic heterocycles. The number of benzene rings is 2. The van der Waals surface area contributed by atoms with E-state index in [-0.39, 0.29) is 6.61 Å². The summed E-state index contributed by atoms with van der Waals surface area (Å²) in [5.74, 6) is 0.418. The second kappa shape index (κ2) is 7.49. The Hall–Kier alpha value is -3.91. The highest BCUT2D eigenvalue weighted by Gasteiger charge is 2.25. The summed E-state index contributed by atoms with van der Waals surface area (Å²) in [7, 11) is 0. The number of nitrogens with two attached hydrogens (primary N) is 1. The Bertz CT molecular complexity index is 1220. The molecule has 2 aromatic heterocycles. The first-order valence-corrected chi connectivity index (χ1v) is 9.49. The number of hydrogen-bond donors (Lipinski definition) is 2. The lowest BCUT2D eigenvalue weighted by molar-refractivity contribution is 0.132. The van der Waals surface area contributed by atoms with E-state index in [9.17, 15) is 4.79 Å². The van der Waals surface area contributed by atoms with Crippen molar-refractivity contribution in [3.05, 3.63) is 77.7 Å². The van der Waals surface area contributed by atoms with Crippen LogP contribution in [0.5, 0.6) is 0 Å². The van der Waals surface area contributed by atoms with Gasteiger partial charge in [-0.25, -0.2) is 14.8 Å². The average Bonchev–Trinajstić information content (AvgIpc) is 3.36. The molecule has 4 aromatic rings. The Morgan fingerprint density at radius 1 is 1.10 bits per heavy atom. The Morgan fingerprint density at radius 3 is 2.70 bits per heavy atom. The molecule has 0 saturated carbocycles. The number of nitrogens with one attached hydrogen (secondary N) is 1. The minimum atomic E-state index is -0.509. The molecule has 0 bridgehead atoms. The second-order valence-electron chi connectivity index (χ2n) is 6.94. The number of nitrogens with zero attached hydrogens (tertiary/aromatic N) is 3. The number of rotatable bonds is 4. The van der Waals surface area contributed by atoms with Crippen LogP contribution in [0.4, 0.5) is 16.3 Å². The molecular weight excluding hydrogens is 382 g/mol. The summed E-state index contributed by atoms with van der Waals surface area (Å²) in [6, 6.07) is 17.0. The first kappa shape index (κ1) is 18.1. The number of anilines is 2. The van der Waals surface area contributed by atoms with Crippen LogP contribution in [0.15, 0.2) is 60.9 Å². The maximum Gasteiger partial charge on any atom is 0.411 e. The van der Waals surface area contributed by atoms with Gasteiger partial charge in [0.15, 0.2) is 5.82 Å². The van der Waals surface area contributed by atoms with Gasteiger partial charge in [0.2, 0.25) is 0 Å². The third-order valence-corrected chi connectivity index (χ3v) is 5.05. The van der Waals surface area contributed by atoms with Gasteiger partial charge in [-0.3, -0.25) is 5.32 Å². The molecular formula is C22H19N5O3. The van der Waals surface area contributed by atoms with Crippen molar-refractivity contribution < 1.29 is 14.3 Å². The highest BCUT2D eigenvalue weighted by atomic mass is 16.5. The van der Waals surface area contributed by atoms with E-state index in [1.54, 1.807) is 0 Å². The first-order chi connectivity index (χ1) is 14.7. The van der Waals surface area contributed by atoms with Gasteiger partial charge in [0.25, 0.3) is 0 Å². The van der Waals surface area contributed by atoms with Crippen molar-refractivity contribution in [1.29, 1.82) is 0 Å². The average molecular weight is 401 g/mol. The largest absolute Gasteiger partial charge is 0.444 e. The molecule has 0 unspecified atom stereocenters. The molecule has 5 rings (SSSR count). The van der Waals surface area contributed by atoms with Crippen molar-refractivity contribution in [2.45, 2.75) is 19.8 Å². The van der Waals surface area contributed by atoms with Gasteiger partial charge in [-0.15, -0.1) is 0 Å². The van der Waals surface area contributed by atoms with E-state index in [1.165, 1.54) is 6.33 Å². The standard InChI is InChI=1S/C22H19N5O3/c23-21-20-19(24-13-25-21)17-11-29-12-18(17)27(20)16-8-6-15(7-9-16)26-22(28)30-10-14-4-2-1-3-5-14/h1-9,13H,10-12H2,(H,26,28)(H2,23,24,25). The number of carbonyl (C=O) groups is 1. The molecule has 1 aliphatic rings. The molecule has 0 atom stereocenters. The highest BCUT2D eigenvalue weighted by Crippen LogP contribution is 2.35. The summed E-state index contributed by atoms with van der Waals surface area (Å²) in [6.45, 7) is 1.20. The monoisotopic (exact) mass is 401 g/mol. The van der Waals surface area contributed by atoms with Gasteiger partial charge in [-0.2, -0.15) is 0 Å². The quantitative estimate of drug-likeness (QED) is 0.539. The van der Waals surface area contributed by atoms with Gasteiger partial charge in [0.1, 0.15) is 24.0 Å². The van der Waals surface area contributed by atoms with Crippen LogP contribution < -0.4 is 11.1 Å². The van der Waals surface area contributed by atoms with Crippen LogP contribution in [0.2, 0.25) is 0 Å². The molecule has 0 fully saturated rings. The topological polar surface area (TPSA) is 104 Å². The summed E-state index contributed by atoms with van der Waals surface area (Å²) in [5, 5.41) is 2.74. The number of fused-ring (bicyclic) bond motifs is 3. The maximum absolute atomic E-state index is 12.1. The molecule has 3 N–H and O–H groups in total. The molecule has 3 heterocycles. The van der Waals surface area contributed by atoms with E-state index >= 15 is 0 Å². The van der Waals surface area contributed by atoms with E-state index in [0.29, 0.717) is 24.7 Å². The van der Waals surface area contributed by atoms with Crippen LogP contribution in [-0.4, -0.2) is 20.6 Å². The van der Waals surface area contributed by atoms with Crippen molar-refractivity contribution in [3.8, 4) is 5.69 Å². The summed E-state index contributed by atoms with van der Waals surface area (Å²) in [5.41, 5.74) is 12.2.